The second kappa shape index (κ2) is 6.69. The zero-order chi connectivity index (χ0) is 20.7. The number of hydrogen-bond acceptors (Lipinski definition) is 6. The van der Waals surface area contributed by atoms with E-state index in [-0.39, 0.29) is 17.1 Å². The SMILES string of the molecule is C[C@]1(c2ccc(S(N)(=O)=O)cc2)NC(=O)N(Cc2cccc([N+](=O)[O-])c2)C1=O. The Kier molecular flexibility index (Phi) is 4.65. The predicted octanol–water partition coefficient (Wildman–Crippen LogP) is 1.21. The van der Waals surface area contributed by atoms with Crippen LogP contribution in [0.4, 0.5) is 10.5 Å². The summed E-state index contributed by atoms with van der Waals surface area (Å²) in [4.78, 5) is 36.4. The molecule has 0 aromatic heterocycles. The highest BCUT2D eigenvalue weighted by molar-refractivity contribution is 7.89. The molecule has 0 bridgehead atoms. The number of amides is 3. The summed E-state index contributed by atoms with van der Waals surface area (Å²) in [5.74, 6) is -0.563. The number of sulfonamides is 1. The molecular weight excluding hydrogens is 388 g/mol. The number of primary sulfonamides is 1. The first kappa shape index (κ1) is 19.5. The number of rotatable bonds is 5. The predicted molar refractivity (Wildman–Crippen MR) is 97.3 cm³/mol. The van der Waals surface area contributed by atoms with E-state index in [1.54, 1.807) is 6.07 Å². The highest BCUT2D eigenvalue weighted by Crippen LogP contribution is 2.30. The van der Waals surface area contributed by atoms with Gasteiger partial charge in [-0.05, 0) is 30.2 Å². The van der Waals surface area contributed by atoms with Crippen LogP contribution in [0.25, 0.3) is 0 Å². The average molecular weight is 404 g/mol. The second-order valence-electron chi connectivity index (χ2n) is 6.44. The molecule has 11 heteroatoms. The van der Waals surface area contributed by atoms with Crippen LogP contribution in [0.15, 0.2) is 53.4 Å². The third-order valence-electron chi connectivity index (χ3n) is 4.50. The van der Waals surface area contributed by atoms with Crippen molar-refractivity contribution in [2.45, 2.75) is 23.9 Å². The fraction of sp³-hybridized carbons (Fsp3) is 0.176. The van der Waals surface area contributed by atoms with Gasteiger partial charge in [0.2, 0.25) is 10.0 Å². The maximum absolute atomic E-state index is 12.9. The number of benzene rings is 2. The van der Waals surface area contributed by atoms with Gasteiger partial charge in [0.05, 0.1) is 16.4 Å². The van der Waals surface area contributed by atoms with Gasteiger partial charge in [-0.3, -0.25) is 19.8 Å². The third-order valence-corrected chi connectivity index (χ3v) is 5.43. The Morgan fingerprint density at radius 2 is 1.82 bits per heavy atom. The van der Waals surface area contributed by atoms with Gasteiger partial charge in [0.25, 0.3) is 11.6 Å². The molecule has 146 valence electrons. The molecule has 1 aliphatic heterocycles. The van der Waals surface area contributed by atoms with Crippen molar-refractivity contribution in [1.82, 2.24) is 10.2 Å². The largest absolute Gasteiger partial charge is 0.325 e. The molecule has 3 amide bonds. The molecule has 0 unspecified atom stereocenters. The van der Waals surface area contributed by atoms with Crippen molar-refractivity contribution in [3.05, 3.63) is 69.8 Å². The third kappa shape index (κ3) is 3.44. The molecule has 1 fully saturated rings. The van der Waals surface area contributed by atoms with Crippen LogP contribution in [0.1, 0.15) is 18.1 Å². The number of urea groups is 1. The van der Waals surface area contributed by atoms with Gasteiger partial charge >= 0.3 is 6.03 Å². The van der Waals surface area contributed by atoms with Gasteiger partial charge in [-0.25, -0.2) is 18.4 Å². The number of hydrogen-bond donors (Lipinski definition) is 2. The average Bonchev–Trinajstić information content (AvgIpc) is 2.85. The van der Waals surface area contributed by atoms with Crippen molar-refractivity contribution in [2.75, 3.05) is 0 Å². The van der Waals surface area contributed by atoms with Crippen LogP contribution in [-0.4, -0.2) is 30.2 Å². The van der Waals surface area contributed by atoms with Crippen LogP contribution in [0, 0.1) is 10.1 Å². The lowest BCUT2D eigenvalue weighted by Gasteiger charge is -2.22. The smallest absolute Gasteiger partial charge is 0.319 e. The van der Waals surface area contributed by atoms with Crippen LogP contribution < -0.4 is 10.5 Å². The molecule has 3 rings (SSSR count). The van der Waals surface area contributed by atoms with Gasteiger partial charge in [-0.15, -0.1) is 0 Å². The monoisotopic (exact) mass is 404 g/mol. The zero-order valence-corrected chi connectivity index (χ0v) is 15.5. The van der Waals surface area contributed by atoms with Crippen LogP contribution in [0.3, 0.4) is 0 Å². The molecule has 0 saturated carbocycles. The minimum absolute atomic E-state index is 0.120. The maximum Gasteiger partial charge on any atom is 0.325 e. The minimum Gasteiger partial charge on any atom is -0.319 e. The van der Waals surface area contributed by atoms with Crippen LogP contribution in [0.2, 0.25) is 0 Å². The Bertz CT molecular complexity index is 1080. The van der Waals surface area contributed by atoms with E-state index in [0.29, 0.717) is 11.1 Å². The van der Waals surface area contributed by atoms with E-state index in [1.165, 1.54) is 49.4 Å². The molecule has 2 aromatic rings. The van der Waals surface area contributed by atoms with Crippen molar-refractivity contribution in [1.29, 1.82) is 0 Å². The van der Waals surface area contributed by atoms with Crippen molar-refractivity contribution in [3.63, 3.8) is 0 Å². The molecule has 1 aliphatic rings. The number of nitrogens with one attached hydrogen (secondary N) is 1. The molecule has 0 spiro atoms. The second-order valence-corrected chi connectivity index (χ2v) is 8.00. The van der Waals surface area contributed by atoms with Crippen LogP contribution in [-0.2, 0) is 26.9 Å². The Morgan fingerprint density at radius 1 is 1.18 bits per heavy atom. The van der Waals surface area contributed by atoms with E-state index >= 15 is 0 Å². The molecule has 0 aliphatic carbocycles. The Labute approximate surface area is 160 Å². The minimum atomic E-state index is -3.89. The van der Waals surface area contributed by atoms with Crippen molar-refractivity contribution in [3.8, 4) is 0 Å². The quantitative estimate of drug-likeness (QED) is 0.434. The molecular formula is C17H16N4O6S. The highest BCUT2D eigenvalue weighted by atomic mass is 32.2. The first-order chi connectivity index (χ1) is 13.0. The molecule has 28 heavy (non-hydrogen) atoms. The number of carbonyl (C=O) groups excluding carboxylic acids is 2. The molecule has 1 heterocycles. The summed E-state index contributed by atoms with van der Waals surface area (Å²) in [6.45, 7) is 1.35. The fourth-order valence-electron chi connectivity index (χ4n) is 2.97. The molecule has 3 N–H and O–H groups in total. The summed E-state index contributed by atoms with van der Waals surface area (Å²) < 4.78 is 22.8. The Morgan fingerprint density at radius 3 is 2.39 bits per heavy atom. The van der Waals surface area contributed by atoms with E-state index in [1.807, 2.05) is 0 Å². The number of nitro groups is 1. The molecule has 2 aromatic carbocycles. The summed E-state index contributed by atoms with van der Waals surface area (Å²) >= 11 is 0. The van der Waals surface area contributed by atoms with Gasteiger partial charge in [-0.2, -0.15) is 0 Å². The molecule has 10 nitrogen and oxygen atoms in total. The van der Waals surface area contributed by atoms with E-state index < -0.39 is 32.4 Å². The van der Waals surface area contributed by atoms with Crippen molar-refractivity contribution >= 4 is 27.6 Å². The molecule has 1 saturated heterocycles. The van der Waals surface area contributed by atoms with Crippen molar-refractivity contribution in [2.24, 2.45) is 5.14 Å². The topological polar surface area (TPSA) is 153 Å². The Hall–Kier alpha value is -3.31. The maximum atomic E-state index is 12.9. The lowest BCUT2D eigenvalue weighted by molar-refractivity contribution is -0.384. The number of carbonyl (C=O) groups is 2. The van der Waals surface area contributed by atoms with Crippen LogP contribution >= 0.6 is 0 Å². The number of non-ortho nitro benzene ring substituents is 1. The fourth-order valence-corrected chi connectivity index (χ4v) is 3.48. The number of imide groups is 1. The van der Waals surface area contributed by atoms with Gasteiger partial charge in [0.15, 0.2) is 0 Å². The summed E-state index contributed by atoms with van der Waals surface area (Å²) in [5.41, 5.74) is -0.758. The Balaban J connectivity index is 1.88. The molecule has 1 atom stereocenters. The number of nitrogens with two attached hydrogens (primary N) is 1. The highest BCUT2D eigenvalue weighted by Gasteiger charge is 2.48. The van der Waals surface area contributed by atoms with Gasteiger partial charge in [0, 0.05) is 12.1 Å². The van der Waals surface area contributed by atoms with E-state index in [2.05, 4.69) is 5.32 Å². The first-order valence-electron chi connectivity index (χ1n) is 8.03. The van der Waals surface area contributed by atoms with Crippen molar-refractivity contribution < 1.29 is 22.9 Å². The lowest BCUT2D eigenvalue weighted by atomic mass is 9.92. The van der Waals surface area contributed by atoms with E-state index in [9.17, 15) is 28.1 Å². The van der Waals surface area contributed by atoms with E-state index in [4.69, 9.17) is 5.14 Å². The summed E-state index contributed by atoms with van der Waals surface area (Å²) in [5, 5.41) is 18.5. The normalized spacial score (nSPS) is 19.6. The van der Waals surface area contributed by atoms with Gasteiger partial charge in [0.1, 0.15) is 5.54 Å². The lowest BCUT2D eigenvalue weighted by Crippen LogP contribution is -2.40. The van der Waals surface area contributed by atoms with Gasteiger partial charge < -0.3 is 5.32 Å². The number of nitro benzene ring substituents is 1. The summed E-state index contributed by atoms with van der Waals surface area (Å²) in [6, 6.07) is 10.3. The van der Waals surface area contributed by atoms with E-state index in [0.717, 1.165) is 4.90 Å². The standard InChI is InChI=1S/C17H16N4O6S/c1-17(12-5-7-14(8-6-12)28(18,26)27)15(22)20(16(23)19-17)10-11-3-2-4-13(9-11)21(24)25/h2-9H,10H2,1H3,(H,19,23)(H2,18,26,27)/t17-/m1/s1. The first-order valence-corrected chi connectivity index (χ1v) is 9.58. The zero-order valence-electron chi connectivity index (χ0n) is 14.7. The number of nitrogens with zero attached hydrogens (tertiary/aromatic N) is 2. The summed E-state index contributed by atoms with van der Waals surface area (Å²) in [6.07, 6.45) is 0. The van der Waals surface area contributed by atoms with Gasteiger partial charge in [-0.1, -0.05) is 24.3 Å². The van der Waals surface area contributed by atoms with Crippen LogP contribution in [0.5, 0.6) is 0 Å². The summed E-state index contributed by atoms with van der Waals surface area (Å²) in [7, 11) is -3.89. The molecule has 0 radical (unpaired) electrons.